The first-order valence-corrected chi connectivity index (χ1v) is 9.88. The third-order valence-corrected chi connectivity index (χ3v) is 5.02. The summed E-state index contributed by atoms with van der Waals surface area (Å²) < 4.78 is 2.16. The van der Waals surface area contributed by atoms with Gasteiger partial charge in [0.1, 0.15) is 0 Å². The monoisotopic (exact) mass is 393 g/mol. The molecule has 0 bridgehead atoms. The van der Waals surface area contributed by atoms with Crippen LogP contribution in [0.25, 0.3) is 5.69 Å². The molecule has 0 fully saturated rings. The highest BCUT2D eigenvalue weighted by molar-refractivity contribution is 6.13. The summed E-state index contributed by atoms with van der Waals surface area (Å²) in [5.74, 6) is -0.244. The maximum absolute atomic E-state index is 12.7. The quantitative estimate of drug-likeness (QED) is 0.364. The summed E-state index contributed by atoms with van der Waals surface area (Å²) in [5, 5.41) is 4.45. The second kappa shape index (κ2) is 8.62. The van der Waals surface area contributed by atoms with Crippen molar-refractivity contribution >= 4 is 11.6 Å². The van der Waals surface area contributed by atoms with Crippen molar-refractivity contribution in [1.82, 2.24) is 9.99 Å². The summed E-state index contributed by atoms with van der Waals surface area (Å²) in [6.45, 7) is 4.13. The van der Waals surface area contributed by atoms with Gasteiger partial charge >= 0.3 is 0 Å². The van der Waals surface area contributed by atoms with Gasteiger partial charge in [-0.15, -0.1) is 0 Å². The molecule has 148 valence electrons. The Morgan fingerprint density at radius 2 is 1.17 bits per heavy atom. The third kappa shape index (κ3) is 4.08. The molecule has 0 aliphatic heterocycles. The van der Waals surface area contributed by atoms with Gasteiger partial charge in [-0.2, -0.15) is 5.10 Å². The highest BCUT2D eigenvalue weighted by Crippen LogP contribution is 2.17. The van der Waals surface area contributed by atoms with Crippen molar-refractivity contribution in [2.75, 3.05) is 0 Å². The number of benzene rings is 3. The molecule has 3 aromatic carbocycles. The number of carbonyl (C=O) groups is 1. The number of nitrogens with zero attached hydrogens (tertiary/aromatic N) is 2. The number of aryl methyl sites for hydroxylation is 2. The van der Waals surface area contributed by atoms with Crippen molar-refractivity contribution in [3.63, 3.8) is 0 Å². The van der Waals surface area contributed by atoms with Gasteiger partial charge < -0.3 is 4.57 Å². The Hall–Kier alpha value is -3.92. The van der Waals surface area contributed by atoms with Gasteiger partial charge in [-0.1, -0.05) is 60.7 Å². The predicted octanol–water partition coefficient (Wildman–Crippen LogP) is 5.28. The van der Waals surface area contributed by atoms with E-state index < -0.39 is 0 Å². The fourth-order valence-electron chi connectivity index (χ4n) is 3.50. The largest absolute Gasteiger partial charge is 0.319 e. The maximum atomic E-state index is 12.7. The first-order chi connectivity index (χ1) is 14.6. The van der Waals surface area contributed by atoms with Crippen molar-refractivity contribution in [1.29, 1.82) is 0 Å². The molecule has 0 unspecified atom stereocenters. The van der Waals surface area contributed by atoms with Crippen LogP contribution in [0, 0.1) is 13.8 Å². The van der Waals surface area contributed by atoms with Crippen molar-refractivity contribution in [2.24, 2.45) is 5.10 Å². The molecule has 1 heterocycles. The van der Waals surface area contributed by atoms with Crippen LogP contribution >= 0.6 is 0 Å². The van der Waals surface area contributed by atoms with Gasteiger partial charge in [-0.05, 0) is 50.2 Å². The summed E-state index contributed by atoms with van der Waals surface area (Å²) in [6.07, 6.45) is 0. The molecule has 1 amide bonds. The van der Waals surface area contributed by atoms with E-state index in [1.807, 2.05) is 84.9 Å². The van der Waals surface area contributed by atoms with Crippen LogP contribution in [0.4, 0.5) is 0 Å². The minimum atomic E-state index is -0.244. The highest BCUT2D eigenvalue weighted by Gasteiger charge is 2.10. The zero-order valence-electron chi connectivity index (χ0n) is 17.0. The minimum absolute atomic E-state index is 0.244. The number of carbonyl (C=O) groups excluding carboxylic acids is 1. The van der Waals surface area contributed by atoms with Crippen LogP contribution in [0.15, 0.2) is 102 Å². The van der Waals surface area contributed by atoms with Gasteiger partial charge in [0, 0.05) is 33.8 Å². The number of aromatic nitrogens is 1. The van der Waals surface area contributed by atoms with Gasteiger partial charge in [0.25, 0.3) is 5.91 Å². The first kappa shape index (κ1) is 19.4. The molecule has 0 saturated carbocycles. The van der Waals surface area contributed by atoms with Crippen molar-refractivity contribution in [2.45, 2.75) is 13.8 Å². The van der Waals surface area contributed by atoms with Crippen molar-refractivity contribution < 1.29 is 4.79 Å². The lowest BCUT2D eigenvalue weighted by Gasteiger charge is -2.10. The predicted molar refractivity (Wildman–Crippen MR) is 121 cm³/mol. The highest BCUT2D eigenvalue weighted by atomic mass is 16.2. The van der Waals surface area contributed by atoms with Gasteiger partial charge in [0.05, 0.1) is 5.71 Å². The number of nitrogens with one attached hydrogen (secondary N) is 1. The number of hydrogen-bond donors (Lipinski definition) is 1. The molecule has 4 nitrogen and oxygen atoms in total. The summed E-state index contributed by atoms with van der Waals surface area (Å²) in [7, 11) is 0. The molecule has 4 aromatic rings. The smallest absolute Gasteiger partial charge is 0.271 e. The zero-order valence-corrected chi connectivity index (χ0v) is 17.0. The molecule has 0 aliphatic carbocycles. The molecule has 1 N–H and O–H groups in total. The second-order valence-corrected chi connectivity index (χ2v) is 7.13. The Balaban J connectivity index is 1.58. The Morgan fingerprint density at radius 1 is 0.667 bits per heavy atom. The summed E-state index contributed by atoms with van der Waals surface area (Å²) in [4.78, 5) is 12.7. The number of hydrogen-bond acceptors (Lipinski definition) is 2. The standard InChI is InChI=1S/C26H23N3O/c1-19-13-14-20(2)29(19)24-17-15-23(16-18-24)26(30)28-27-25(21-9-5-3-6-10-21)22-11-7-4-8-12-22/h3-18H,1-2H3,(H,28,30). The average molecular weight is 393 g/mol. The van der Waals surface area contributed by atoms with Gasteiger partial charge in [-0.3, -0.25) is 4.79 Å². The van der Waals surface area contributed by atoms with Gasteiger partial charge in [0.2, 0.25) is 0 Å². The molecular weight excluding hydrogens is 370 g/mol. The van der Waals surface area contributed by atoms with Crippen LogP contribution in [0.1, 0.15) is 32.9 Å². The molecule has 0 aliphatic rings. The van der Waals surface area contributed by atoms with E-state index in [0.717, 1.165) is 33.9 Å². The first-order valence-electron chi connectivity index (χ1n) is 9.88. The molecule has 4 rings (SSSR count). The van der Waals surface area contributed by atoms with Crippen LogP contribution in [-0.4, -0.2) is 16.2 Å². The van der Waals surface area contributed by atoms with Crippen LogP contribution in [0.5, 0.6) is 0 Å². The van der Waals surface area contributed by atoms with E-state index in [1.165, 1.54) is 0 Å². The van der Waals surface area contributed by atoms with E-state index >= 15 is 0 Å². The van der Waals surface area contributed by atoms with Crippen LogP contribution < -0.4 is 5.43 Å². The second-order valence-electron chi connectivity index (χ2n) is 7.13. The fourth-order valence-corrected chi connectivity index (χ4v) is 3.50. The van der Waals surface area contributed by atoms with Gasteiger partial charge in [-0.25, -0.2) is 5.43 Å². The van der Waals surface area contributed by atoms with E-state index in [-0.39, 0.29) is 5.91 Å². The number of amides is 1. The fraction of sp³-hybridized carbons (Fsp3) is 0.0769. The van der Waals surface area contributed by atoms with E-state index in [2.05, 4.69) is 41.1 Å². The van der Waals surface area contributed by atoms with Crippen molar-refractivity contribution in [3.05, 3.63) is 125 Å². The number of hydrazone groups is 1. The Labute approximate surface area is 176 Å². The summed E-state index contributed by atoms with van der Waals surface area (Å²) in [5.41, 5.74) is 9.23. The molecule has 0 radical (unpaired) electrons. The van der Waals surface area contributed by atoms with Crippen LogP contribution in [0.2, 0.25) is 0 Å². The SMILES string of the molecule is Cc1ccc(C)n1-c1ccc(C(=O)NN=C(c2ccccc2)c2ccccc2)cc1. The number of rotatable bonds is 5. The van der Waals surface area contributed by atoms with Crippen LogP contribution in [-0.2, 0) is 0 Å². The van der Waals surface area contributed by atoms with E-state index in [4.69, 9.17) is 0 Å². The van der Waals surface area contributed by atoms with Crippen LogP contribution in [0.3, 0.4) is 0 Å². The van der Waals surface area contributed by atoms with Gasteiger partial charge in [0.15, 0.2) is 0 Å². The summed E-state index contributed by atoms with van der Waals surface area (Å²) >= 11 is 0. The summed E-state index contributed by atoms with van der Waals surface area (Å²) in [6, 6.07) is 31.4. The Morgan fingerprint density at radius 3 is 1.67 bits per heavy atom. The molecule has 1 aromatic heterocycles. The van der Waals surface area contributed by atoms with E-state index in [1.54, 1.807) is 0 Å². The molecule has 30 heavy (non-hydrogen) atoms. The maximum Gasteiger partial charge on any atom is 0.271 e. The molecule has 0 spiro atoms. The van der Waals surface area contributed by atoms with Crippen molar-refractivity contribution in [3.8, 4) is 5.69 Å². The molecule has 0 atom stereocenters. The lowest BCUT2D eigenvalue weighted by atomic mass is 10.0. The molecule has 0 saturated heterocycles. The minimum Gasteiger partial charge on any atom is -0.319 e. The average Bonchev–Trinajstić information content (AvgIpc) is 3.13. The lowest BCUT2D eigenvalue weighted by molar-refractivity contribution is 0.0955. The normalized spacial score (nSPS) is 10.5. The lowest BCUT2D eigenvalue weighted by Crippen LogP contribution is -2.20. The molecular formula is C26H23N3O. The topological polar surface area (TPSA) is 46.4 Å². The zero-order chi connectivity index (χ0) is 20.9. The van der Waals surface area contributed by atoms with E-state index in [0.29, 0.717) is 5.56 Å². The Bertz CT molecular complexity index is 1110. The third-order valence-electron chi connectivity index (χ3n) is 5.02. The Kier molecular flexibility index (Phi) is 5.57. The van der Waals surface area contributed by atoms with E-state index in [9.17, 15) is 4.79 Å². The molecule has 4 heteroatoms.